The van der Waals surface area contributed by atoms with E-state index < -0.39 is 0 Å². The van der Waals surface area contributed by atoms with Crippen molar-refractivity contribution in [3.8, 4) is 0 Å². The van der Waals surface area contributed by atoms with E-state index in [-0.39, 0.29) is 25.2 Å². The molecule has 8 heteroatoms. The van der Waals surface area contributed by atoms with Gasteiger partial charge in [0.15, 0.2) is 0 Å². The van der Waals surface area contributed by atoms with E-state index in [1.165, 1.54) is 141 Å². The van der Waals surface area contributed by atoms with Gasteiger partial charge in [-0.05, 0) is 87.8 Å². The zero-order chi connectivity index (χ0) is 36.6. The van der Waals surface area contributed by atoms with Crippen LogP contribution in [0.1, 0.15) is 194 Å². The summed E-state index contributed by atoms with van der Waals surface area (Å²) in [6.07, 6.45) is 42.5. The molecule has 0 fully saturated rings. The van der Waals surface area contributed by atoms with Crippen molar-refractivity contribution in [2.24, 2.45) is 0 Å². The van der Waals surface area contributed by atoms with E-state index in [1.54, 1.807) is 8.84 Å². The minimum absolute atomic E-state index is 0.157. The van der Waals surface area contributed by atoms with Crippen LogP contribution in [0.5, 0.6) is 0 Å². The Hall–Kier alpha value is -1.08. The molecule has 0 amide bonds. The normalized spacial score (nSPS) is 11.9. The summed E-state index contributed by atoms with van der Waals surface area (Å²) in [6.45, 7) is 6.97. The summed E-state index contributed by atoms with van der Waals surface area (Å²) in [5.74, 6) is -0.314. The Bertz CT molecular complexity index is 732. The number of hydrogen-bond acceptors (Lipinski definition) is 6. The molecule has 0 heterocycles. The van der Waals surface area contributed by atoms with Gasteiger partial charge in [0.25, 0.3) is 0 Å². The van der Waals surface area contributed by atoms with Crippen molar-refractivity contribution in [3.05, 3.63) is 24.3 Å². The van der Waals surface area contributed by atoms with Crippen LogP contribution in [0.3, 0.4) is 0 Å². The molecule has 0 aromatic carbocycles. The third-order valence-corrected chi connectivity index (χ3v) is 9.74. The Labute approximate surface area is 319 Å². The maximum absolute atomic E-state index is 12.0. The Balaban J connectivity index is 3.50. The van der Waals surface area contributed by atoms with Gasteiger partial charge in [-0.15, -0.1) is 0 Å². The summed E-state index contributed by atoms with van der Waals surface area (Å²) in [6, 6.07) is 0. The highest BCUT2D eigenvalue weighted by Crippen LogP contribution is 2.12. The lowest BCUT2D eigenvalue weighted by molar-refractivity contribution is -0.145. The van der Waals surface area contributed by atoms with Gasteiger partial charge in [0, 0.05) is 39.0 Å². The number of esters is 2. The van der Waals surface area contributed by atoms with E-state index in [2.05, 4.69) is 38.2 Å². The predicted molar refractivity (Wildman–Crippen MR) is 216 cm³/mol. The second kappa shape index (κ2) is 40.7. The molecule has 0 radical (unpaired) electrons. The van der Waals surface area contributed by atoms with Crippen LogP contribution in [-0.2, 0) is 19.1 Å². The maximum Gasteiger partial charge on any atom is 0.305 e. The monoisotopic (exact) mass is 745 g/mol. The number of hydrogen-bond donors (Lipinski definition) is 0. The second-order valence-corrected chi connectivity index (χ2v) is 14.9. The molecule has 50 heavy (non-hydrogen) atoms. The van der Waals surface area contributed by atoms with Crippen molar-refractivity contribution < 1.29 is 19.1 Å². The van der Waals surface area contributed by atoms with Gasteiger partial charge < -0.3 is 9.47 Å². The molecule has 0 rings (SSSR count). The lowest BCUT2D eigenvalue weighted by Crippen LogP contribution is -2.29. The van der Waals surface area contributed by atoms with Gasteiger partial charge >= 0.3 is 11.9 Å². The fourth-order valence-electron chi connectivity index (χ4n) is 5.78. The van der Waals surface area contributed by atoms with E-state index in [1.807, 2.05) is 0 Å². The topological polar surface area (TPSA) is 59.1 Å². The minimum atomic E-state index is -0.157. The molecule has 0 aliphatic rings. The number of unbranched alkanes of at least 4 members (excludes halogenated alkanes) is 22. The summed E-state index contributed by atoms with van der Waals surface area (Å²) in [7, 11) is 0. The van der Waals surface area contributed by atoms with Crippen LogP contribution in [0.25, 0.3) is 0 Å². The van der Waals surface area contributed by atoms with Gasteiger partial charge in [0.05, 0.1) is 0 Å². The second-order valence-electron chi connectivity index (χ2n) is 13.9. The third-order valence-electron chi connectivity index (χ3n) is 9.06. The van der Waals surface area contributed by atoms with Gasteiger partial charge in [0.2, 0.25) is 0 Å². The molecular weight excluding hydrogens is 667 g/mol. The molecule has 0 saturated heterocycles. The summed E-state index contributed by atoms with van der Waals surface area (Å²) < 4.78 is 13.8. The number of nitrogens with zero attached hydrogens (tertiary/aromatic N) is 2. The number of rotatable bonds is 39. The van der Waals surface area contributed by atoms with Crippen molar-refractivity contribution in [2.75, 3.05) is 39.4 Å². The molecule has 0 aliphatic heterocycles. The number of halogens is 2. The van der Waals surface area contributed by atoms with Crippen LogP contribution in [0.15, 0.2) is 24.3 Å². The molecule has 0 N–H and O–H groups in total. The Morgan fingerprint density at radius 1 is 0.420 bits per heavy atom. The fraction of sp³-hybridized carbons (Fsp3) is 0.857. The number of carbonyl (C=O) groups excluding carboxylic acids is 2. The predicted octanol–water partition coefficient (Wildman–Crippen LogP) is 13.1. The largest absolute Gasteiger partial charge is 0.464 e. The third kappa shape index (κ3) is 39.7. The van der Waals surface area contributed by atoms with Crippen LogP contribution >= 0.6 is 23.6 Å². The molecule has 6 nitrogen and oxygen atoms in total. The molecule has 0 atom stereocenters. The average Bonchev–Trinajstić information content (AvgIpc) is 3.10. The first kappa shape index (κ1) is 48.9. The minimum Gasteiger partial charge on any atom is -0.464 e. The van der Waals surface area contributed by atoms with Gasteiger partial charge in [-0.2, -0.15) is 0 Å². The average molecular weight is 746 g/mol. The van der Waals surface area contributed by atoms with Gasteiger partial charge in [0.1, 0.15) is 13.2 Å². The van der Waals surface area contributed by atoms with Crippen LogP contribution in [-0.4, -0.2) is 60.2 Å². The Morgan fingerprint density at radius 2 is 0.700 bits per heavy atom. The van der Waals surface area contributed by atoms with E-state index in [0.29, 0.717) is 39.0 Å². The van der Waals surface area contributed by atoms with E-state index in [4.69, 9.17) is 33.0 Å². The molecule has 294 valence electrons. The standard InChI is InChI=1S/C42H78Cl2N2O4/c1-3-5-7-9-11-13-15-17-19-21-23-25-27-29-31-33-41(47)49-39-37-45(43)35-36-46(44)38-40-50-42(48)34-32-30-28-26-24-22-20-18-16-14-12-10-8-6-4-2/h17-20H,3-16,21-40H2,1-2H3/b19-17-,20-18-. The molecule has 0 aromatic rings. The highest BCUT2D eigenvalue weighted by atomic mass is 35.5. The van der Waals surface area contributed by atoms with Crippen molar-refractivity contribution in [1.82, 2.24) is 8.84 Å². The lowest BCUT2D eigenvalue weighted by Gasteiger charge is -2.18. The first-order valence-electron chi connectivity index (χ1n) is 20.9. The van der Waals surface area contributed by atoms with Crippen LogP contribution in [0.4, 0.5) is 0 Å². The number of ether oxygens (including phenoxy) is 2. The van der Waals surface area contributed by atoms with Crippen LogP contribution in [0, 0.1) is 0 Å². The smallest absolute Gasteiger partial charge is 0.305 e. The Morgan fingerprint density at radius 3 is 1.02 bits per heavy atom. The molecule has 0 unspecified atom stereocenters. The first-order chi connectivity index (χ1) is 24.5. The quantitative estimate of drug-likeness (QED) is 0.0270. The zero-order valence-electron chi connectivity index (χ0n) is 32.6. The zero-order valence-corrected chi connectivity index (χ0v) is 34.1. The molecule has 0 aromatic heterocycles. The van der Waals surface area contributed by atoms with Crippen molar-refractivity contribution in [1.29, 1.82) is 0 Å². The van der Waals surface area contributed by atoms with Crippen molar-refractivity contribution in [3.63, 3.8) is 0 Å². The van der Waals surface area contributed by atoms with Gasteiger partial charge in [-0.1, -0.05) is 141 Å². The SMILES string of the molecule is CCCCCCCC/C=C\CCCCCCCC(=O)OCCN(Cl)CCN(Cl)CCOC(=O)CCCCCCC/C=C\CCCCCCCC. The van der Waals surface area contributed by atoms with E-state index in [9.17, 15) is 9.59 Å². The molecule has 0 saturated carbocycles. The van der Waals surface area contributed by atoms with E-state index in [0.717, 1.165) is 25.7 Å². The summed E-state index contributed by atoms with van der Waals surface area (Å²) in [5, 5.41) is 0. The summed E-state index contributed by atoms with van der Waals surface area (Å²) >= 11 is 12.5. The van der Waals surface area contributed by atoms with Crippen molar-refractivity contribution >= 4 is 35.5 Å². The van der Waals surface area contributed by atoms with E-state index >= 15 is 0 Å². The lowest BCUT2D eigenvalue weighted by atomic mass is 10.1. The Kier molecular flexibility index (Phi) is 39.8. The summed E-state index contributed by atoms with van der Waals surface area (Å²) in [4.78, 5) is 24.1. The highest BCUT2D eigenvalue weighted by molar-refractivity contribution is 6.14. The molecule has 0 spiro atoms. The van der Waals surface area contributed by atoms with Gasteiger partial charge in [-0.3, -0.25) is 9.59 Å². The molecule has 0 bridgehead atoms. The molecular formula is C42H78Cl2N2O4. The highest BCUT2D eigenvalue weighted by Gasteiger charge is 2.09. The van der Waals surface area contributed by atoms with Crippen LogP contribution < -0.4 is 0 Å². The number of carbonyl (C=O) groups is 2. The fourth-order valence-corrected chi connectivity index (χ4v) is 6.07. The number of allylic oxidation sites excluding steroid dienone is 4. The van der Waals surface area contributed by atoms with Crippen molar-refractivity contribution in [2.45, 2.75) is 194 Å². The van der Waals surface area contributed by atoms with Crippen LogP contribution in [0.2, 0.25) is 0 Å². The first-order valence-corrected chi connectivity index (χ1v) is 21.6. The molecule has 0 aliphatic carbocycles. The summed E-state index contributed by atoms with van der Waals surface area (Å²) in [5.41, 5.74) is 0. The maximum atomic E-state index is 12.0. The van der Waals surface area contributed by atoms with Gasteiger partial charge in [-0.25, -0.2) is 8.84 Å².